The van der Waals surface area contributed by atoms with Crippen molar-refractivity contribution in [1.29, 1.82) is 0 Å². The summed E-state index contributed by atoms with van der Waals surface area (Å²) in [5, 5.41) is 9.95. The highest BCUT2D eigenvalue weighted by atomic mass is 16.3. The molecule has 0 spiro atoms. The lowest BCUT2D eigenvalue weighted by Gasteiger charge is -2.42. The fraction of sp³-hybridized carbons (Fsp3) is 0.632. The molecule has 2 aliphatic rings. The Labute approximate surface area is 143 Å². The Morgan fingerprint density at radius 1 is 1.21 bits per heavy atom. The van der Waals surface area contributed by atoms with Gasteiger partial charge >= 0.3 is 0 Å². The molecule has 3 atom stereocenters. The van der Waals surface area contributed by atoms with Gasteiger partial charge in [0.05, 0.1) is 23.7 Å². The fourth-order valence-electron chi connectivity index (χ4n) is 4.40. The highest BCUT2D eigenvalue weighted by molar-refractivity contribution is 5.75. The Bertz CT molecular complexity index is 712. The van der Waals surface area contributed by atoms with Gasteiger partial charge in [-0.15, -0.1) is 0 Å². The van der Waals surface area contributed by atoms with E-state index in [1.807, 2.05) is 0 Å². The van der Waals surface area contributed by atoms with Gasteiger partial charge in [0.2, 0.25) is 0 Å². The molecule has 24 heavy (non-hydrogen) atoms. The smallest absolute Gasteiger partial charge is 0.124 e. The predicted molar refractivity (Wildman–Crippen MR) is 95.9 cm³/mol. The van der Waals surface area contributed by atoms with Gasteiger partial charge < -0.3 is 9.67 Å². The molecule has 2 fully saturated rings. The third-order valence-corrected chi connectivity index (χ3v) is 5.60. The number of benzene rings is 1. The van der Waals surface area contributed by atoms with Gasteiger partial charge in [0.1, 0.15) is 5.82 Å². The van der Waals surface area contributed by atoms with Gasteiger partial charge in [0, 0.05) is 38.3 Å². The first-order valence-corrected chi connectivity index (χ1v) is 9.26. The van der Waals surface area contributed by atoms with Crippen LogP contribution < -0.4 is 0 Å². The zero-order valence-electron chi connectivity index (χ0n) is 14.7. The SMILES string of the molecule is CCCn1c(CN2C[C@H]3C[C@@H](O)CN3C[C@@H]2C)nc2ccccc21. The van der Waals surface area contributed by atoms with Crippen LogP contribution in [0.15, 0.2) is 24.3 Å². The summed E-state index contributed by atoms with van der Waals surface area (Å²) in [6.45, 7) is 9.37. The van der Waals surface area contributed by atoms with Crippen molar-refractivity contribution in [3.8, 4) is 0 Å². The third-order valence-electron chi connectivity index (χ3n) is 5.60. The van der Waals surface area contributed by atoms with Crippen LogP contribution in [0.4, 0.5) is 0 Å². The molecule has 0 bridgehead atoms. The van der Waals surface area contributed by atoms with Crippen molar-refractivity contribution in [2.75, 3.05) is 19.6 Å². The first-order chi connectivity index (χ1) is 11.7. The van der Waals surface area contributed by atoms with E-state index in [1.165, 1.54) is 11.3 Å². The first-order valence-electron chi connectivity index (χ1n) is 9.26. The summed E-state index contributed by atoms with van der Waals surface area (Å²) < 4.78 is 2.39. The van der Waals surface area contributed by atoms with E-state index in [0.29, 0.717) is 12.1 Å². The standard InChI is InChI=1S/C19H28N4O/c1-3-8-23-18-7-5-4-6-17(18)20-19(23)13-21-11-15-9-16(24)12-22(15)10-14(21)2/h4-7,14-16,24H,3,8-13H2,1-2H3/t14-,15+,16+/m0/s1. The second-order valence-electron chi connectivity index (χ2n) is 7.44. The van der Waals surface area contributed by atoms with Crippen molar-refractivity contribution in [1.82, 2.24) is 19.4 Å². The van der Waals surface area contributed by atoms with Crippen LogP contribution in [0.5, 0.6) is 0 Å². The summed E-state index contributed by atoms with van der Waals surface area (Å²) in [5.74, 6) is 1.18. The molecule has 1 aromatic heterocycles. The highest BCUT2D eigenvalue weighted by Gasteiger charge is 2.38. The van der Waals surface area contributed by atoms with Crippen LogP contribution in [0, 0.1) is 0 Å². The number of hydrogen-bond acceptors (Lipinski definition) is 4. The molecule has 0 aliphatic carbocycles. The highest BCUT2D eigenvalue weighted by Crippen LogP contribution is 2.27. The molecular weight excluding hydrogens is 300 g/mol. The molecule has 0 amide bonds. The Morgan fingerprint density at radius 2 is 2.04 bits per heavy atom. The molecule has 1 aromatic carbocycles. The van der Waals surface area contributed by atoms with E-state index in [4.69, 9.17) is 4.98 Å². The summed E-state index contributed by atoms with van der Waals surface area (Å²) in [6.07, 6.45) is 1.88. The number of hydrogen-bond donors (Lipinski definition) is 1. The maximum atomic E-state index is 9.95. The van der Waals surface area contributed by atoms with E-state index < -0.39 is 0 Å². The van der Waals surface area contributed by atoms with Gasteiger partial charge in [0.25, 0.3) is 0 Å². The molecule has 130 valence electrons. The lowest BCUT2D eigenvalue weighted by atomic mass is 10.1. The van der Waals surface area contributed by atoms with Crippen molar-refractivity contribution >= 4 is 11.0 Å². The lowest BCUT2D eigenvalue weighted by molar-refractivity contribution is 0.0504. The van der Waals surface area contributed by atoms with E-state index in [0.717, 1.165) is 51.1 Å². The van der Waals surface area contributed by atoms with Gasteiger partial charge in [-0.3, -0.25) is 9.80 Å². The van der Waals surface area contributed by atoms with Crippen LogP contribution in [0.25, 0.3) is 11.0 Å². The van der Waals surface area contributed by atoms with Crippen molar-refractivity contribution in [3.05, 3.63) is 30.1 Å². The van der Waals surface area contributed by atoms with Crippen molar-refractivity contribution < 1.29 is 5.11 Å². The topological polar surface area (TPSA) is 44.5 Å². The normalized spacial score (nSPS) is 28.5. The average molecular weight is 328 g/mol. The molecule has 2 aromatic rings. The Balaban J connectivity index is 1.58. The number of para-hydroxylation sites is 2. The largest absolute Gasteiger partial charge is 0.392 e. The molecule has 5 heteroatoms. The van der Waals surface area contributed by atoms with E-state index in [1.54, 1.807) is 0 Å². The summed E-state index contributed by atoms with van der Waals surface area (Å²) in [7, 11) is 0. The molecule has 0 saturated carbocycles. The van der Waals surface area contributed by atoms with Crippen LogP contribution in [0.1, 0.15) is 32.5 Å². The predicted octanol–water partition coefficient (Wildman–Crippen LogP) is 2.09. The monoisotopic (exact) mass is 328 g/mol. The number of aryl methyl sites for hydroxylation is 1. The summed E-state index contributed by atoms with van der Waals surface area (Å²) in [4.78, 5) is 9.93. The maximum Gasteiger partial charge on any atom is 0.124 e. The van der Waals surface area contributed by atoms with Crippen LogP contribution in [0.3, 0.4) is 0 Å². The second-order valence-corrected chi connectivity index (χ2v) is 7.44. The van der Waals surface area contributed by atoms with Crippen molar-refractivity contribution in [2.45, 2.75) is 58.0 Å². The van der Waals surface area contributed by atoms with E-state index in [-0.39, 0.29) is 6.10 Å². The lowest BCUT2D eigenvalue weighted by Crippen LogP contribution is -2.54. The van der Waals surface area contributed by atoms with Crippen LogP contribution >= 0.6 is 0 Å². The summed E-state index contributed by atoms with van der Waals surface area (Å²) >= 11 is 0. The molecule has 4 rings (SSSR count). The number of rotatable bonds is 4. The van der Waals surface area contributed by atoms with Crippen LogP contribution in [0.2, 0.25) is 0 Å². The number of piperazine rings is 1. The number of aliphatic hydroxyl groups is 1. The molecule has 1 N–H and O–H groups in total. The zero-order valence-corrected chi connectivity index (χ0v) is 14.7. The molecule has 0 radical (unpaired) electrons. The molecule has 5 nitrogen and oxygen atoms in total. The van der Waals surface area contributed by atoms with Gasteiger partial charge in [0.15, 0.2) is 0 Å². The number of nitrogens with zero attached hydrogens (tertiary/aromatic N) is 4. The van der Waals surface area contributed by atoms with Crippen LogP contribution in [-0.2, 0) is 13.1 Å². The average Bonchev–Trinajstić information content (AvgIpc) is 3.08. The van der Waals surface area contributed by atoms with Gasteiger partial charge in [-0.2, -0.15) is 0 Å². The fourth-order valence-corrected chi connectivity index (χ4v) is 4.40. The Morgan fingerprint density at radius 3 is 2.88 bits per heavy atom. The van der Waals surface area contributed by atoms with Crippen molar-refractivity contribution in [2.24, 2.45) is 0 Å². The van der Waals surface area contributed by atoms with Crippen molar-refractivity contribution in [3.63, 3.8) is 0 Å². The van der Waals surface area contributed by atoms with Gasteiger partial charge in [-0.1, -0.05) is 19.1 Å². The summed E-state index contributed by atoms with van der Waals surface area (Å²) in [5.41, 5.74) is 2.35. The van der Waals surface area contributed by atoms with Gasteiger partial charge in [-0.05, 0) is 31.9 Å². The molecule has 3 heterocycles. The molecule has 2 saturated heterocycles. The van der Waals surface area contributed by atoms with Crippen LogP contribution in [-0.4, -0.2) is 62.3 Å². The maximum absolute atomic E-state index is 9.95. The first kappa shape index (κ1) is 16.1. The Hall–Kier alpha value is -1.43. The molecular formula is C19H28N4O. The van der Waals surface area contributed by atoms with E-state index in [9.17, 15) is 5.11 Å². The minimum atomic E-state index is -0.146. The minimum absolute atomic E-state index is 0.146. The third kappa shape index (κ3) is 2.85. The van der Waals surface area contributed by atoms with E-state index >= 15 is 0 Å². The summed E-state index contributed by atoms with van der Waals surface area (Å²) in [6, 6.07) is 9.45. The molecule has 0 unspecified atom stereocenters. The number of aromatic nitrogens is 2. The van der Waals surface area contributed by atoms with Gasteiger partial charge in [-0.25, -0.2) is 4.98 Å². The quantitative estimate of drug-likeness (QED) is 0.933. The minimum Gasteiger partial charge on any atom is -0.392 e. The molecule has 2 aliphatic heterocycles. The Kier molecular flexibility index (Phi) is 4.33. The number of aliphatic hydroxyl groups excluding tert-OH is 1. The second kappa shape index (κ2) is 6.47. The number of imidazole rings is 1. The zero-order chi connectivity index (χ0) is 16.7. The van der Waals surface area contributed by atoms with E-state index in [2.05, 4.69) is 52.5 Å². The number of fused-ring (bicyclic) bond motifs is 2.